The second kappa shape index (κ2) is 12.0. The van der Waals surface area contributed by atoms with Gasteiger partial charge in [-0.2, -0.15) is 0 Å². The van der Waals surface area contributed by atoms with Crippen LogP contribution in [0, 0.1) is 5.82 Å². The summed E-state index contributed by atoms with van der Waals surface area (Å²) >= 11 is 0. The Morgan fingerprint density at radius 2 is 2.00 bits per heavy atom. The number of benzene rings is 1. The molecular formula is C22H30FIN4O3. The molecule has 0 spiro atoms. The van der Waals surface area contributed by atoms with E-state index in [1.807, 2.05) is 19.1 Å². The fourth-order valence-corrected chi connectivity index (χ4v) is 3.29. The number of rotatable bonds is 6. The molecule has 2 aromatic rings. The van der Waals surface area contributed by atoms with E-state index in [0.29, 0.717) is 32.0 Å². The quantitative estimate of drug-likeness (QED) is 0.344. The smallest absolute Gasteiger partial charge is 0.243 e. The van der Waals surface area contributed by atoms with Crippen LogP contribution in [0.15, 0.2) is 52.1 Å². The highest BCUT2D eigenvalue weighted by Gasteiger charge is 2.28. The lowest BCUT2D eigenvalue weighted by Gasteiger charge is -2.38. The molecule has 0 saturated carbocycles. The molecule has 1 aromatic carbocycles. The van der Waals surface area contributed by atoms with Crippen molar-refractivity contribution in [1.82, 2.24) is 15.1 Å². The van der Waals surface area contributed by atoms with E-state index in [4.69, 9.17) is 9.15 Å². The molecule has 1 amide bonds. The van der Waals surface area contributed by atoms with Gasteiger partial charge in [0.05, 0.1) is 18.9 Å². The Morgan fingerprint density at radius 1 is 1.26 bits per heavy atom. The van der Waals surface area contributed by atoms with Crippen LogP contribution in [0.5, 0.6) is 0 Å². The Bertz CT molecular complexity index is 843. The standard InChI is InChI=1S/C22H29FN4O3.HI/c1-16-14-27(15-20(30-16)17-6-8-18(23)9-7-17)22(25-13-21(28)26(2)3)24-11-10-19-5-4-12-29-19;/h4-9,12,16,20H,10-11,13-15H2,1-3H3,(H,24,25);1H. The molecule has 3 rings (SSSR count). The minimum absolute atomic E-state index is 0. The van der Waals surface area contributed by atoms with E-state index in [1.165, 1.54) is 17.0 Å². The topological polar surface area (TPSA) is 70.3 Å². The number of nitrogens with zero attached hydrogens (tertiary/aromatic N) is 3. The van der Waals surface area contributed by atoms with Gasteiger partial charge in [-0.1, -0.05) is 12.1 Å². The molecule has 31 heavy (non-hydrogen) atoms. The van der Waals surface area contributed by atoms with Crippen molar-refractivity contribution < 1.29 is 18.3 Å². The van der Waals surface area contributed by atoms with E-state index >= 15 is 0 Å². The number of hydrogen-bond donors (Lipinski definition) is 1. The van der Waals surface area contributed by atoms with E-state index in [-0.39, 0.29) is 54.5 Å². The van der Waals surface area contributed by atoms with Crippen molar-refractivity contribution in [1.29, 1.82) is 0 Å². The predicted molar refractivity (Wildman–Crippen MR) is 128 cm³/mol. The molecule has 0 bridgehead atoms. The fraction of sp³-hybridized carbons (Fsp3) is 0.455. The molecule has 1 fully saturated rings. The Hall–Kier alpha value is -2.14. The minimum atomic E-state index is -0.275. The van der Waals surface area contributed by atoms with Crippen LogP contribution in [0.4, 0.5) is 4.39 Å². The molecular weight excluding hydrogens is 514 g/mol. The molecule has 9 heteroatoms. The van der Waals surface area contributed by atoms with Gasteiger partial charge in [0.1, 0.15) is 24.2 Å². The van der Waals surface area contributed by atoms with Crippen molar-refractivity contribution in [2.75, 3.05) is 40.3 Å². The van der Waals surface area contributed by atoms with E-state index in [0.717, 1.165) is 11.3 Å². The van der Waals surface area contributed by atoms with Gasteiger partial charge in [-0.15, -0.1) is 24.0 Å². The van der Waals surface area contributed by atoms with E-state index in [2.05, 4.69) is 15.2 Å². The average molecular weight is 544 g/mol. The average Bonchev–Trinajstić information content (AvgIpc) is 3.23. The maximum atomic E-state index is 13.3. The zero-order valence-corrected chi connectivity index (χ0v) is 20.4. The van der Waals surface area contributed by atoms with Crippen molar-refractivity contribution in [3.8, 4) is 0 Å². The number of ether oxygens (including phenoxy) is 1. The summed E-state index contributed by atoms with van der Waals surface area (Å²) in [6, 6.07) is 10.1. The third-order valence-corrected chi connectivity index (χ3v) is 4.90. The highest BCUT2D eigenvalue weighted by Crippen LogP contribution is 2.25. The second-order valence-electron chi connectivity index (χ2n) is 7.58. The third-order valence-electron chi connectivity index (χ3n) is 4.90. The lowest BCUT2D eigenvalue weighted by atomic mass is 10.1. The Kier molecular flexibility index (Phi) is 9.76. The van der Waals surface area contributed by atoms with Gasteiger partial charge in [0.25, 0.3) is 0 Å². The lowest BCUT2D eigenvalue weighted by molar-refractivity contribution is -0.127. The summed E-state index contributed by atoms with van der Waals surface area (Å²) in [5, 5.41) is 3.35. The first kappa shape index (κ1) is 25.1. The van der Waals surface area contributed by atoms with Crippen molar-refractivity contribution in [3.05, 3.63) is 59.8 Å². The monoisotopic (exact) mass is 544 g/mol. The maximum Gasteiger partial charge on any atom is 0.243 e. The largest absolute Gasteiger partial charge is 0.469 e. The molecule has 1 N–H and O–H groups in total. The van der Waals surface area contributed by atoms with Crippen molar-refractivity contribution >= 4 is 35.8 Å². The van der Waals surface area contributed by atoms with Gasteiger partial charge < -0.3 is 24.3 Å². The van der Waals surface area contributed by atoms with Crippen LogP contribution in [0.3, 0.4) is 0 Å². The molecule has 2 unspecified atom stereocenters. The number of likely N-dealkylation sites (N-methyl/N-ethyl adjacent to an activating group) is 1. The van der Waals surface area contributed by atoms with Gasteiger partial charge in [0, 0.05) is 33.6 Å². The Morgan fingerprint density at radius 3 is 2.65 bits per heavy atom. The van der Waals surface area contributed by atoms with Gasteiger partial charge in [-0.3, -0.25) is 4.79 Å². The molecule has 1 aliphatic heterocycles. The number of amides is 1. The Labute approximate surface area is 199 Å². The van der Waals surface area contributed by atoms with E-state index in [9.17, 15) is 9.18 Å². The number of halogens is 2. The first-order valence-electron chi connectivity index (χ1n) is 10.1. The van der Waals surface area contributed by atoms with Gasteiger partial charge in [-0.05, 0) is 36.8 Å². The summed E-state index contributed by atoms with van der Waals surface area (Å²) < 4.78 is 24.8. The number of aliphatic imine (C=N–C) groups is 1. The van der Waals surface area contributed by atoms with Crippen LogP contribution in [-0.2, 0) is 16.0 Å². The number of furan rings is 1. The summed E-state index contributed by atoms with van der Waals surface area (Å²) in [5.74, 6) is 1.19. The normalized spacial score (nSPS) is 19.0. The number of morpholine rings is 1. The first-order chi connectivity index (χ1) is 14.4. The molecule has 1 aromatic heterocycles. The van der Waals surface area contributed by atoms with Gasteiger partial charge in [0.2, 0.25) is 5.91 Å². The van der Waals surface area contributed by atoms with Crippen molar-refractivity contribution in [2.45, 2.75) is 25.6 Å². The number of hydrogen-bond acceptors (Lipinski definition) is 4. The zero-order chi connectivity index (χ0) is 21.5. The molecule has 0 radical (unpaired) electrons. The number of nitrogens with one attached hydrogen (secondary N) is 1. The SMILES string of the molecule is CC1CN(C(=NCC(=O)N(C)C)NCCc2ccco2)CC(c2ccc(F)cc2)O1.I. The van der Waals surface area contributed by atoms with E-state index in [1.54, 1.807) is 32.5 Å². The lowest BCUT2D eigenvalue weighted by Crippen LogP contribution is -2.51. The summed E-state index contributed by atoms with van der Waals surface area (Å²) in [5.41, 5.74) is 0.909. The third kappa shape index (κ3) is 7.49. The molecule has 2 atom stereocenters. The van der Waals surface area contributed by atoms with Gasteiger partial charge in [0.15, 0.2) is 5.96 Å². The number of carbonyl (C=O) groups is 1. The zero-order valence-electron chi connectivity index (χ0n) is 18.1. The number of carbonyl (C=O) groups excluding carboxylic acids is 1. The molecule has 0 aliphatic carbocycles. The van der Waals surface area contributed by atoms with Crippen LogP contribution in [0.1, 0.15) is 24.4 Å². The van der Waals surface area contributed by atoms with Crippen LogP contribution in [-0.4, -0.2) is 68.0 Å². The Balaban J connectivity index is 0.00000341. The summed E-state index contributed by atoms with van der Waals surface area (Å²) in [6.07, 6.45) is 2.10. The summed E-state index contributed by atoms with van der Waals surface area (Å²) in [4.78, 5) is 20.2. The van der Waals surface area contributed by atoms with Gasteiger partial charge in [-0.25, -0.2) is 9.38 Å². The fourth-order valence-electron chi connectivity index (χ4n) is 3.29. The molecule has 1 aliphatic rings. The summed E-state index contributed by atoms with van der Waals surface area (Å²) in [6.45, 7) is 3.87. The van der Waals surface area contributed by atoms with Crippen molar-refractivity contribution in [2.24, 2.45) is 4.99 Å². The predicted octanol–water partition coefficient (Wildman–Crippen LogP) is 3.08. The highest BCUT2D eigenvalue weighted by atomic mass is 127. The van der Waals surface area contributed by atoms with Gasteiger partial charge >= 0.3 is 0 Å². The first-order valence-corrected chi connectivity index (χ1v) is 10.1. The van der Waals surface area contributed by atoms with Crippen LogP contribution in [0.2, 0.25) is 0 Å². The van der Waals surface area contributed by atoms with Crippen LogP contribution >= 0.6 is 24.0 Å². The highest BCUT2D eigenvalue weighted by molar-refractivity contribution is 14.0. The molecule has 7 nitrogen and oxygen atoms in total. The molecule has 1 saturated heterocycles. The van der Waals surface area contributed by atoms with Crippen molar-refractivity contribution in [3.63, 3.8) is 0 Å². The number of guanidine groups is 1. The molecule has 2 heterocycles. The van der Waals surface area contributed by atoms with E-state index < -0.39 is 0 Å². The minimum Gasteiger partial charge on any atom is -0.469 e. The second-order valence-corrected chi connectivity index (χ2v) is 7.58. The maximum absolute atomic E-state index is 13.3. The van der Waals surface area contributed by atoms with Crippen LogP contribution < -0.4 is 5.32 Å². The molecule has 170 valence electrons. The van der Waals surface area contributed by atoms with Crippen LogP contribution in [0.25, 0.3) is 0 Å². The summed E-state index contributed by atoms with van der Waals surface area (Å²) in [7, 11) is 3.42.